The van der Waals surface area contributed by atoms with Crippen LogP contribution in [-0.4, -0.2) is 4.92 Å². The Morgan fingerprint density at radius 1 is 1.24 bits per heavy atom. The van der Waals surface area contributed by atoms with Gasteiger partial charge in [0, 0.05) is 20.6 Å². The third-order valence-corrected chi connectivity index (χ3v) is 4.03. The summed E-state index contributed by atoms with van der Waals surface area (Å²) in [5, 5.41) is 11.2. The second-order valence-electron chi connectivity index (χ2n) is 4.32. The molecule has 21 heavy (non-hydrogen) atoms. The van der Waals surface area contributed by atoms with Crippen molar-refractivity contribution in [1.82, 2.24) is 0 Å². The van der Waals surface area contributed by atoms with Crippen molar-refractivity contribution in [3.63, 3.8) is 0 Å². The highest BCUT2D eigenvalue weighted by atomic mass is 79.9. The fourth-order valence-electron chi connectivity index (χ4n) is 1.84. The van der Waals surface area contributed by atoms with Gasteiger partial charge in [-0.3, -0.25) is 10.1 Å². The minimum atomic E-state index is -0.466. The summed E-state index contributed by atoms with van der Waals surface area (Å²) in [5.74, 6) is 0.969. The summed E-state index contributed by atoms with van der Waals surface area (Å²) in [4.78, 5) is 10.7. The first-order chi connectivity index (χ1) is 9.92. The summed E-state index contributed by atoms with van der Waals surface area (Å²) in [5.41, 5.74) is 1.33. The molecule has 0 radical (unpaired) electrons. The van der Waals surface area contributed by atoms with E-state index in [1.54, 1.807) is 25.1 Å². The van der Waals surface area contributed by atoms with Crippen LogP contribution in [0.25, 0.3) is 0 Å². The van der Waals surface area contributed by atoms with Crippen LogP contribution in [0.2, 0.25) is 0 Å². The highest BCUT2D eigenvalue weighted by Gasteiger charge is 2.20. The molecule has 7 heteroatoms. The van der Waals surface area contributed by atoms with E-state index in [-0.39, 0.29) is 17.3 Å². The van der Waals surface area contributed by atoms with Gasteiger partial charge in [-0.25, -0.2) is 0 Å². The van der Waals surface area contributed by atoms with E-state index in [0.29, 0.717) is 15.8 Å². The fraction of sp³-hybridized carbons (Fsp3) is 0.143. The summed E-state index contributed by atoms with van der Waals surface area (Å²) in [6.07, 6.45) is 0. The lowest BCUT2D eigenvalue weighted by Crippen LogP contribution is -1.97. The van der Waals surface area contributed by atoms with Gasteiger partial charge in [0.15, 0.2) is 0 Å². The summed E-state index contributed by atoms with van der Waals surface area (Å²) < 4.78 is 7.27. The molecule has 0 saturated heterocycles. The van der Waals surface area contributed by atoms with Crippen LogP contribution in [0.1, 0.15) is 11.1 Å². The maximum absolute atomic E-state index is 11.2. The molecule has 0 aromatic heterocycles. The molecule has 0 heterocycles. The lowest BCUT2D eigenvalue weighted by atomic mass is 10.2. The number of rotatable bonds is 4. The third kappa shape index (κ3) is 3.75. The number of benzene rings is 2. The molecule has 0 bridgehead atoms. The third-order valence-electron chi connectivity index (χ3n) is 2.80. The first kappa shape index (κ1) is 16.3. The van der Waals surface area contributed by atoms with Crippen LogP contribution in [0.15, 0.2) is 39.3 Å². The standard InChI is InChI=1S/C14H10Br2ClNO3/c1-8-4-11(16)6-12(18(19)20)14(8)21-13-3-2-10(15)5-9(13)7-17/h2-6H,7H2,1H3. The number of hydrogen-bond acceptors (Lipinski definition) is 3. The summed E-state index contributed by atoms with van der Waals surface area (Å²) >= 11 is 12.5. The van der Waals surface area contributed by atoms with Crippen LogP contribution in [0, 0.1) is 17.0 Å². The molecule has 2 aromatic rings. The molecule has 0 unspecified atom stereocenters. The number of hydrogen-bond donors (Lipinski definition) is 0. The molecular weight excluding hydrogens is 425 g/mol. The molecule has 0 aliphatic carbocycles. The van der Waals surface area contributed by atoms with Gasteiger partial charge in [0.1, 0.15) is 5.75 Å². The van der Waals surface area contributed by atoms with Gasteiger partial charge in [0.25, 0.3) is 0 Å². The van der Waals surface area contributed by atoms with Crippen LogP contribution < -0.4 is 4.74 Å². The molecule has 2 aromatic carbocycles. The van der Waals surface area contributed by atoms with Crippen molar-refractivity contribution >= 4 is 49.1 Å². The molecule has 0 amide bonds. The van der Waals surface area contributed by atoms with E-state index in [0.717, 1.165) is 10.0 Å². The van der Waals surface area contributed by atoms with Gasteiger partial charge in [0.05, 0.1) is 10.8 Å². The molecule has 110 valence electrons. The monoisotopic (exact) mass is 433 g/mol. The van der Waals surface area contributed by atoms with Gasteiger partial charge in [0.2, 0.25) is 5.75 Å². The maximum atomic E-state index is 11.2. The average molecular weight is 435 g/mol. The minimum Gasteiger partial charge on any atom is -0.450 e. The molecule has 2 rings (SSSR count). The predicted octanol–water partition coefficient (Wildman–Crippen LogP) is 5.96. The topological polar surface area (TPSA) is 52.4 Å². The van der Waals surface area contributed by atoms with Crippen molar-refractivity contribution in [2.24, 2.45) is 0 Å². The first-order valence-electron chi connectivity index (χ1n) is 5.89. The Hall–Kier alpha value is -1.11. The smallest absolute Gasteiger partial charge is 0.312 e. The van der Waals surface area contributed by atoms with Gasteiger partial charge in [-0.2, -0.15) is 0 Å². The highest BCUT2D eigenvalue weighted by Crippen LogP contribution is 2.38. The van der Waals surface area contributed by atoms with Gasteiger partial charge >= 0.3 is 5.69 Å². The minimum absolute atomic E-state index is 0.0923. The number of aryl methyl sites for hydroxylation is 1. The average Bonchev–Trinajstić information content (AvgIpc) is 2.42. The van der Waals surface area contributed by atoms with Crippen LogP contribution >= 0.6 is 43.5 Å². The Morgan fingerprint density at radius 3 is 2.57 bits per heavy atom. The van der Waals surface area contributed by atoms with E-state index in [1.165, 1.54) is 6.07 Å². The predicted molar refractivity (Wildman–Crippen MR) is 89.3 cm³/mol. The van der Waals surface area contributed by atoms with E-state index < -0.39 is 4.92 Å². The SMILES string of the molecule is Cc1cc(Br)cc([N+](=O)[O-])c1Oc1ccc(Br)cc1CCl. The molecule has 0 fully saturated rings. The molecule has 0 aliphatic rings. The number of nitro groups is 1. The number of nitro benzene ring substituents is 1. The highest BCUT2D eigenvalue weighted by molar-refractivity contribution is 9.10. The second kappa shape index (κ2) is 6.77. The normalized spacial score (nSPS) is 10.5. The van der Waals surface area contributed by atoms with E-state index in [2.05, 4.69) is 31.9 Å². The summed E-state index contributed by atoms with van der Waals surface area (Å²) in [6.45, 7) is 1.76. The molecule has 0 atom stereocenters. The zero-order valence-corrected chi connectivity index (χ0v) is 14.8. The Labute approximate surface area is 143 Å². The van der Waals surface area contributed by atoms with Crippen molar-refractivity contribution in [1.29, 1.82) is 0 Å². The van der Waals surface area contributed by atoms with E-state index in [1.807, 2.05) is 6.07 Å². The largest absolute Gasteiger partial charge is 0.450 e. The number of ether oxygens (including phenoxy) is 1. The molecular formula is C14H10Br2ClNO3. The maximum Gasteiger partial charge on any atom is 0.312 e. The van der Waals surface area contributed by atoms with Crippen molar-refractivity contribution in [3.8, 4) is 11.5 Å². The van der Waals surface area contributed by atoms with Crippen LogP contribution in [0.5, 0.6) is 11.5 Å². The van der Waals surface area contributed by atoms with Crippen LogP contribution in [0.3, 0.4) is 0 Å². The van der Waals surface area contributed by atoms with Crippen LogP contribution in [-0.2, 0) is 5.88 Å². The summed E-state index contributed by atoms with van der Waals surface area (Å²) in [6, 6.07) is 8.53. The van der Waals surface area contributed by atoms with Gasteiger partial charge < -0.3 is 4.74 Å². The second-order valence-corrected chi connectivity index (χ2v) is 6.41. The lowest BCUT2D eigenvalue weighted by Gasteiger charge is -2.12. The van der Waals surface area contributed by atoms with Gasteiger partial charge in [-0.05, 0) is 36.8 Å². The summed E-state index contributed by atoms with van der Waals surface area (Å²) in [7, 11) is 0. The van der Waals surface area contributed by atoms with E-state index >= 15 is 0 Å². The van der Waals surface area contributed by atoms with Gasteiger partial charge in [-0.15, -0.1) is 11.6 Å². The molecule has 0 spiro atoms. The van der Waals surface area contributed by atoms with Crippen LogP contribution in [0.4, 0.5) is 5.69 Å². The lowest BCUT2D eigenvalue weighted by molar-refractivity contribution is -0.385. The Balaban J connectivity index is 2.51. The first-order valence-corrected chi connectivity index (χ1v) is 8.01. The molecule has 4 nitrogen and oxygen atoms in total. The van der Waals surface area contributed by atoms with Crippen molar-refractivity contribution in [3.05, 3.63) is 60.5 Å². The van der Waals surface area contributed by atoms with Crippen molar-refractivity contribution in [2.75, 3.05) is 0 Å². The zero-order valence-electron chi connectivity index (χ0n) is 10.9. The molecule has 0 saturated carbocycles. The molecule has 0 aliphatic heterocycles. The fourth-order valence-corrected chi connectivity index (χ4v) is 3.02. The molecule has 0 N–H and O–H groups in total. The Morgan fingerprint density at radius 2 is 1.95 bits per heavy atom. The van der Waals surface area contributed by atoms with E-state index in [4.69, 9.17) is 16.3 Å². The quantitative estimate of drug-likeness (QED) is 0.338. The zero-order chi connectivity index (χ0) is 15.6. The number of nitrogens with zero attached hydrogens (tertiary/aromatic N) is 1. The van der Waals surface area contributed by atoms with E-state index in [9.17, 15) is 10.1 Å². The van der Waals surface area contributed by atoms with Crippen molar-refractivity contribution in [2.45, 2.75) is 12.8 Å². The Bertz CT molecular complexity index is 707. The number of halogens is 3. The van der Waals surface area contributed by atoms with Gasteiger partial charge in [-0.1, -0.05) is 31.9 Å². The Kier molecular flexibility index (Phi) is 5.24. The number of alkyl halides is 1. The van der Waals surface area contributed by atoms with Crippen molar-refractivity contribution < 1.29 is 9.66 Å².